The lowest BCUT2D eigenvalue weighted by atomic mass is 9.78. The van der Waals surface area contributed by atoms with Crippen molar-refractivity contribution in [2.75, 3.05) is 38.7 Å². The summed E-state index contributed by atoms with van der Waals surface area (Å²) in [7, 11) is 0. The minimum Gasteiger partial charge on any atom is -0.379 e. The van der Waals surface area contributed by atoms with Crippen LogP contribution in [0, 0.1) is 5.92 Å². The molecule has 136 valence electrons. The molecular weight excluding hydrogens is 324 g/mol. The molecule has 6 nitrogen and oxygen atoms in total. The van der Waals surface area contributed by atoms with E-state index in [9.17, 15) is 4.79 Å². The Bertz CT molecular complexity index is 440. The maximum absolute atomic E-state index is 12.4. The van der Waals surface area contributed by atoms with Gasteiger partial charge in [0.2, 0.25) is 5.91 Å². The normalized spacial score (nSPS) is 40.9. The van der Waals surface area contributed by atoms with Gasteiger partial charge in [0.1, 0.15) is 0 Å². The van der Waals surface area contributed by atoms with Crippen LogP contribution in [0.3, 0.4) is 0 Å². The minimum absolute atomic E-state index is 0.199. The van der Waals surface area contributed by atoms with Crippen molar-refractivity contribution in [3.8, 4) is 0 Å². The van der Waals surface area contributed by atoms with Gasteiger partial charge in [0.05, 0.1) is 24.6 Å². The number of hydrogen-bond donors (Lipinski definition) is 3. The van der Waals surface area contributed by atoms with E-state index in [2.05, 4.69) is 20.9 Å². The largest absolute Gasteiger partial charge is 0.379 e. The molecule has 0 radical (unpaired) electrons. The fraction of sp³-hybridized carbons (Fsp3) is 0.941. The van der Waals surface area contributed by atoms with Crippen LogP contribution in [0.4, 0.5) is 0 Å². The topological polar surface area (TPSA) is 65.6 Å². The zero-order chi connectivity index (χ0) is 16.4. The number of hydrogen-bond acceptors (Lipinski definition) is 6. The summed E-state index contributed by atoms with van der Waals surface area (Å²) in [6, 6.07) is 0.852. The van der Waals surface area contributed by atoms with Gasteiger partial charge in [0.15, 0.2) is 0 Å². The summed E-state index contributed by atoms with van der Waals surface area (Å²) in [6.45, 7) is 4.61. The fourth-order valence-corrected chi connectivity index (χ4v) is 5.89. The highest BCUT2D eigenvalue weighted by Crippen LogP contribution is 2.32. The molecule has 0 aromatic rings. The Morgan fingerprint density at radius 2 is 2.04 bits per heavy atom. The summed E-state index contributed by atoms with van der Waals surface area (Å²) in [4.78, 5) is 15.0. The van der Waals surface area contributed by atoms with Crippen LogP contribution in [0.2, 0.25) is 0 Å². The number of carbonyl (C=O) groups excluding carboxylic acids is 1. The maximum atomic E-state index is 12.4. The van der Waals surface area contributed by atoms with Crippen LogP contribution in [0.1, 0.15) is 32.1 Å². The predicted molar refractivity (Wildman–Crippen MR) is 95.9 cm³/mol. The lowest BCUT2D eigenvalue weighted by molar-refractivity contribution is -0.121. The Hall–Kier alpha value is -0.340. The molecule has 3 aliphatic heterocycles. The van der Waals surface area contributed by atoms with Crippen molar-refractivity contribution in [2.24, 2.45) is 5.92 Å². The summed E-state index contributed by atoms with van der Waals surface area (Å²) in [5.74, 6) is 2.05. The van der Waals surface area contributed by atoms with Crippen molar-refractivity contribution in [1.82, 2.24) is 20.9 Å². The average molecular weight is 355 g/mol. The monoisotopic (exact) mass is 354 g/mol. The van der Waals surface area contributed by atoms with Gasteiger partial charge >= 0.3 is 0 Å². The van der Waals surface area contributed by atoms with Crippen molar-refractivity contribution in [1.29, 1.82) is 0 Å². The van der Waals surface area contributed by atoms with Crippen molar-refractivity contribution < 1.29 is 9.53 Å². The van der Waals surface area contributed by atoms with Gasteiger partial charge in [-0.05, 0) is 37.9 Å². The molecule has 5 atom stereocenters. The van der Waals surface area contributed by atoms with E-state index >= 15 is 0 Å². The zero-order valence-corrected chi connectivity index (χ0v) is 15.2. The molecule has 4 aliphatic rings. The highest BCUT2D eigenvalue weighted by atomic mass is 32.2. The van der Waals surface area contributed by atoms with Gasteiger partial charge in [0, 0.05) is 37.8 Å². The van der Waals surface area contributed by atoms with Crippen LogP contribution in [0.15, 0.2) is 0 Å². The number of carbonyl (C=O) groups is 1. The molecule has 0 spiro atoms. The van der Waals surface area contributed by atoms with E-state index in [-0.39, 0.29) is 11.2 Å². The van der Waals surface area contributed by atoms with Gasteiger partial charge in [-0.1, -0.05) is 0 Å². The van der Waals surface area contributed by atoms with Crippen molar-refractivity contribution in [3.63, 3.8) is 0 Å². The molecular formula is C17H30N4O2S. The summed E-state index contributed by atoms with van der Waals surface area (Å²) in [6.07, 6.45) is 6.05. The van der Waals surface area contributed by atoms with Gasteiger partial charge in [-0.15, -0.1) is 11.8 Å². The van der Waals surface area contributed by atoms with E-state index in [1.165, 1.54) is 12.8 Å². The van der Waals surface area contributed by atoms with Crippen molar-refractivity contribution in [2.45, 2.75) is 55.6 Å². The van der Waals surface area contributed by atoms with Gasteiger partial charge < -0.3 is 15.4 Å². The fourth-order valence-electron chi connectivity index (χ4n) is 4.72. The summed E-state index contributed by atoms with van der Waals surface area (Å²) in [5.41, 5.74) is 0. The van der Waals surface area contributed by atoms with Crippen molar-refractivity contribution in [3.05, 3.63) is 0 Å². The first-order chi connectivity index (χ1) is 11.8. The van der Waals surface area contributed by atoms with E-state index in [1.807, 2.05) is 11.8 Å². The average Bonchev–Trinajstić information content (AvgIpc) is 3.16. The van der Waals surface area contributed by atoms with Crippen LogP contribution < -0.4 is 16.0 Å². The first-order valence-corrected chi connectivity index (χ1v) is 10.6. The summed E-state index contributed by atoms with van der Waals surface area (Å²) in [5, 5.41) is 10.8. The number of rotatable bonds is 3. The Morgan fingerprint density at radius 1 is 1.17 bits per heavy atom. The minimum atomic E-state index is 0.199. The number of morpholine rings is 1. The molecule has 3 heterocycles. The molecule has 1 aliphatic carbocycles. The molecule has 3 saturated heterocycles. The molecule has 4 fully saturated rings. The van der Waals surface area contributed by atoms with Gasteiger partial charge in [-0.25, -0.2) is 0 Å². The van der Waals surface area contributed by atoms with E-state index in [0.717, 1.165) is 58.0 Å². The van der Waals surface area contributed by atoms with Crippen LogP contribution in [-0.2, 0) is 9.53 Å². The Kier molecular flexibility index (Phi) is 5.63. The molecule has 0 bridgehead atoms. The van der Waals surface area contributed by atoms with E-state index in [1.54, 1.807) is 0 Å². The molecule has 1 amide bonds. The molecule has 5 unspecified atom stereocenters. The highest BCUT2D eigenvalue weighted by molar-refractivity contribution is 8.00. The lowest BCUT2D eigenvalue weighted by Gasteiger charge is -2.49. The number of ether oxygens (including phenoxy) is 1. The van der Waals surface area contributed by atoms with Crippen LogP contribution in [-0.4, -0.2) is 73.0 Å². The summed E-state index contributed by atoms with van der Waals surface area (Å²) >= 11 is 1.82. The second kappa shape index (κ2) is 7.91. The third kappa shape index (κ3) is 3.75. The first-order valence-electron chi connectivity index (χ1n) is 9.52. The number of nitrogens with zero attached hydrogens (tertiary/aromatic N) is 1. The second-order valence-electron chi connectivity index (χ2n) is 7.47. The molecule has 0 aromatic heterocycles. The molecule has 3 N–H and O–H groups in total. The standard InChI is InChI=1S/C17H30N4O2S/c22-17(15-2-1-9-24-15)20-12-3-4-13-14(10-12)18-11-19-16(13)21-5-7-23-8-6-21/h12-16,18-19H,1-11H2,(H,20,22). The highest BCUT2D eigenvalue weighted by Gasteiger charge is 2.41. The zero-order valence-electron chi connectivity index (χ0n) is 14.3. The van der Waals surface area contributed by atoms with Crippen LogP contribution >= 0.6 is 11.8 Å². The lowest BCUT2D eigenvalue weighted by Crippen LogP contribution is -2.67. The Labute approximate surface area is 148 Å². The van der Waals surface area contributed by atoms with Crippen LogP contribution in [0.25, 0.3) is 0 Å². The molecule has 4 rings (SSSR count). The van der Waals surface area contributed by atoms with E-state index < -0.39 is 0 Å². The third-order valence-corrected chi connectivity index (χ3v) is 7.37. The molecule has 0 aromatic carbocycles. The Balaban J connectivity index is 1.32. The summed E-state index contributed by atoms with van der Waals surface area (Å²) < 4.78 is 5.50. The number of fused-ring (bicyclic) bond motifs is 1. The van der Waals surface area contributed by atoms with Gasteiger partial charge in [0.25, 0.3) is 0 Å². The third-order valence-electron chi connectivity index (χ3n) is 5.99. The number of nitrogens with one attached hydrogen (secondary N) is 3. The van der Waals surface area contributed by atoms with E-state index in [4.69, 9.17) is 4.74 Å². The van der Waals surface area contributed by atoms with Gasteiger partial charge in [-0.3, -0.25) is 15.0 Å². The number of thioether (sulfide) groups is 1. The van der Waals surface area contributed by atoms with Crippen LogP contribution in [0.5, 0.6) is 0 Å². The maximum Gasteiger partial charge on any atom is 0.233 e. The molecule has 1 saturated carbocycles. The smallest absolute Gasteiger partial charge is 0.233 e. The van der Waals surface area contributed by atoms with E-state index in [0.29, 0.717) is 24.2 Å². The van der Waals surface area contributed by atoms with Crippen molar-refractivity contribution >= 4 is 17.7 Å². The second-order valence-corrected chi connectivity index (χ2v) is 8.78. The first kappa shape index (κ1) is 17.1. The van der Waals surface area contributed by atoms with Gasteiger partial charge in [-0.2, -0.15) is 0 Å². The SMILES string of the molecule is O=C(NC1CCC2C(C1)NCNC2N1CCOCC1)C1CCCS1. The quantitative estimate of drug-likeness (QED) is 0.679. The predicted octanol–water partition coefficient (Wildman–Crippen LogP) is 0.344. The molecule has 7 heteroatoms. The Morgan fingerprint density at radius 3 is 2.83 bits per heavy atom. The molecule has 24 heavy (non-hydrogen) atoms. The number of amides is 1.